The molecule has 3 aromatic carbocycles. The second-order valence-corrected chi connectivity index (χ2v) is 4.46. The Bertz CT molecular complexity index is 639. The van der Waals surface area contributed by atoms with Crippen LogP contribution in [0.2, 0.25) is 0 Å². The molecule has 0 N–H and O–H groups in total. The monoisotopic (exact) mass is 229 g/mol. The van der Waals surface area contributed by atoms with Crippen molar-refractivity contribution in [2.24, 2.45) is 0 Å². The maximum absolute atomic E-state index is 2.30. The van der Waals surface area contributed by atoms with Crippen molar-refractivity contribution in [2.75, 3.05) is 0 Å². The average Bonchev–Trinajstić information content (AvgIpc) is 2.46. The average molecular weight is 229 g/mol. The summed E-state index contributed by atoms with van der Waals surface area (Å²) in [7, 11) is 2.30. The minimum atomic E-state index is 0.981. The first-order valence-electron chi connectivity index (χ1n) is 6.28. The van der Waals surface area contributed by atoms with E-state index in [1.54, 1.807) is 0 Å². The predicted molar refractivity (Wildman–Crippen MR) is 79.5 cm³/mol. The highest BCUT2D eigenvalue weighted by atomic mass is 14.0. The van der Waals surface area contributed by atoms with Crippen molar-refractivity contribution in [1.82, 2.24) is 0 Å². The minimum absolute atomic E-state index is 0.981. The van der Waals surface area contributed by atoms with Gasteiger partial charge in [-0.3, -0.25) is 12.7 Å². The number of fused-ring (bicyclic) bond motifs is 1. The zero-order chi connectivity index (χ0) is 12.2. The molecule has 0 heterocycles. The molecule has 3 aromatic rings. The van der Waals surface area contributed by atoms with Crippen molar-refractivity contribution in [2.45, 2.75) is 6.32 Å². The van der Waals surface area contributed by atoms with Gasteiger partial charge in [-0.1, -0.05) is 77.7 Å². The van der Waals surface area contributed by atoms with E-state index >= 15 is 0 Å². The normalized spacial score (nSPS) is 10.7. The quantitative estimate of drug-likeness (QED) is 0.604. The van der Waals surface area contributed by atoms with Crippen LogP contribution in [0.15, 0.2) is 72.8 Å². The van der Waals surface area contributed by atoms with Crippen LogP contribution in [0.4, 0.5) is 0 Å². The van der Waals surface area contributed by atoms with Gasteiger partial charge in [-0.2, -0.15) is 0 Å². The first-order valence-corrected chi connectivity index (χ1v) is 6.28. The second-order valence-electron chi connectivity index (χ2n) is 4.46. The first kappa shape index (κ1) is 11.1. The predicted octanol–water partition coefficient (Wildman–Crippen LogP) is 3.37. The largest absolute Gasteiger partial charge is 0.290 e. The Hall–Kier alpha value is -2.02. The number of hydrogen-bond acceptors (Lipinski definition) is 0. The Kier molecular flexibility index (Phi) is 3.14. The van der Waals surface area contributed by atoms with E-state index in [-0.39, 0.29) is 0 Å². The molecular formula is C17H14B-. The van der Waals surface area contributed by atoms with Crippen molar-refractivity contribution in [3.63, 3.8) is 0 Å². The van der Waals surface area contributed by atoms with Crippen LogP contribution >= 0.6 is 0 Å². The third-order valence-corrected chi connectivity index (χ3v) is 3.22. The highest BCUT2D eigenvalue weighted by molar-refractivity contribution is 6.56. The minimum Gasteiger partial charge on any atom is -0.290 e. The summed E-state index contributed by atoms with van der Waals surface area (Å²) >= 11 is 0. The van der Waals surface area contributed by atoms with E-state index in [1.165, 1.54) is 21.8 Å². The van der Waals surface area contributed by atoms with Gasteiger partial charge in [0.1, 0.15) is 0 Å². The summed E-state index contributed by atoms with van der Waals surface area (Å²) in [5.41, 5.74) is 2.67. The fourth-order valence-electron chi connectivity index (χ4n) is 2.27. The van der Waals surface area contributed by atoms with Crippen LogP contribution in [-0.4, -0.2) is 7.28 Å². The summed E-state index contributed by atoms with van der Waals surface area (Å²) in [6.07, 6.45) is 0.981. The third kappa shape index (κ3) is 2.30. The number of benzene rings is 3. The fraction of sp³-hybridized carbons (Fsp3) is 0.0588. The summed E-state index contributed by atoms with van der Waals surface area (Å²) in [5, 5.41) is 2.63. The van der Waals surface area contributed by atoms with Gasteiger partial charge in [0.2, 0.25) is 0 Å². The van der Waals surface area contributed by atoms with Crippen LogP contribution in [0, 0.1) is 0 Å². The highest BCUT2D eigenvalue weighted by Gasteiger charge is 1.91. The number of hydrogen-bond donors (Lipinski definition) is 0. The summed E-state index contributed by atoms with van der Waals surface area (Å²) < 4.78 is 0. The van der Waals surface area contributed by atoms with E-state index in [0.29, 0.717) is 0 Å². The van der Waals surface area contributed by atoms with Gasteiger partial charge in [-0.05, 0) is 5.39 Å². The molecule has 1 heteroatoms. The molecule has 0 atom stereocenters. The molecule has 0 saturated carbocycles. The Morgan fingerprint density at radius 3 is 2.28 bits per heavy atom. The van der Waals surface area contributed by atoms with E-state index in [4.69, 9.17) is 0 Å². The second kappa shape index (κ2) is 5.09. The van der Waals surface area contributed by atoms with Crippen LogP contribution in [0.5, 0.6) is 0 Å². The van der Waals surface area contributed by atoms with Crippen molar-refractivity contribution < 1.29 is 0 Å². The lowest BCUT2D eigenvalue weighted by molar-refractivity contribution is 1.39. The van der Waals surface area contributed by atoms with Gasteiger partial charge in [-0.25, -0.2) is 6.32 Å². The van der Waals surface area contributed by atoms with E-state index in [0.717, 1.165) is 6.32 Å². The zero-order valence-corrected chi connectivity index (χ0v) is 10.2. The van der Waals surface area contributed by atoms with E-state index in [9.17, 15) is 0 Å². The Morgan fingerprint density at radius 2 is 1.39 bits per heavy atom. The van der Waals surface area contributed by atoms with Crippen LogP contribution < -0.4 is 5.46 Å². The van der Waals surface area contributed by atoms with Gasteiger partial charge in [0.15, 0.2) is 0 Å². The zero-order valence-electron chi connectivity index (χ0n) is 10.2. The van der Waals surface area contributed by atoms with Crippen molar-refractivity contribution in [3.05, 3.63) is 78.4 Å². The standard InChI is InChI=1S/C17H14B/c1-2-7-14(8-3-1)13-18-17-12-6-10-15-9-4-5-11-16(15)17/h1-12H,13H2/q-1. The molecule has 0 bridgehead atoms. The van der Waals surface area contributed by atoms with Crippen LogP contribution in [0.3, 0.4) is 0 Å². The number of rotatable bonds is 3. The molecule has 0 saturated heterocycles. The molecule has 3 rings (SSSR count). The molecule has 0 aliphatic carbocycles. The fourth-order valence-corrected chi connectivity index (χ4v) is 2.27. The Morgan fingerprint density at radius 1 is 0.667 bits per heavy atom. The van der Waals surface area contributed by atoms with Gasteiger partial charge >= 0.3 is 0 Å². The van der Waals surface area contributed by atoms with Crippen LogP contribution in [-0.2, 0) is 6.32 Å². The summed E-state index contributed by atoms with van der Waals surface area (Å²) in [6.45, 7) is 0. The van der Waals surface area contributed by atoms with Crippen LogP contribution in [0.25, 0.3) is 10.8 Å². The summed E-state index contributed by atoms with van der Waals surface area (Å²) in [6, 6.07) is 25.6. The maximum Gasteiger partial charge on any atom is -0.0218 e. The molecule has 86 valence electrons. The Balaban J connectivity index is 1.87. The molecule has 18 heavy (non-hydrogen) atoms. The highest BCUT2D eigenvalue weighted by Crippen LogP contribution is 2.10. The molecule has 0 fully saturated rings. The molecule has 0 unspecified atom stereocenters. The van der Waals surface area contributed by atoms with Crippen molar-refractivity contribution in [1.29, 1.82) is 0 Å². The van der Waals surface area contributed by atoms with Gasteiger partial charge in [0, 0.05) is 0 Å². The molecule has 0 spiro atoms. The Labute approximate surface area is 109 Å². The SMILES string of the molecule is [B-](Cc1ccccc1)c1cccc2ccccc12. The molecule has 0 amide bonds. The molecular weight excluding hydrogens is 215 g/mol. The van der Waals surface area contributed by atoms with Crippen molar-refractivity contribution >= 4 is 23.5 Å². The van der Waals surface area contributed by atoms with Gasteiger partial charge in [-0.15, -0.1) is 6.07 Å². The van der Waals surface area contributed by atoms with E-state index in [2.05, 4.69) is 80.1 Å². The van der Waals surface area contributed by atoms with Crippen molar-refractivity contribution in [3.8, 4) is 0 Å². The maximum atomic E-state index is 2.30. The molecule has 0 aliphatic rings. The molecule has 0 aliphatic heterocycles. The smallest absolute Gasteiger partial charge is 0.0218 e. The van der Waals surface area contributed by atoms with Gasteiger partial charge < -0.3 is 0 Å². The molecule has 0 nitrogen and oxygen atoms in total. The van der Waals surface area contributed by atoms with Gasteiger partial charge in [0.25, 0.3) is 0 Å². The molecule has 0 aromatic heterocycles. The summed E-state index contributed by atoms with van der Waals surface area (Å²) in [5.74, 6) is 0. The molecule has 2 radical (unpaired) electrons. The first-order chi connectivity index (χ1) is 8.93. The lowest BCUT2D eigenvalue weighted by atomic mass is 9.64. The van der Waals surface area contributed by atoms with E-state index < -0.39 is 0 Å². The third-order valence-electron chi connectivity index (χ3n) is 3.22. The summed E-state index contributed by atoms with van der Waals surface area (Å²) in [4.78, 5) is 0. The topological polar surface area (TPSA) is 0 Å². The lowest BCUT2D eigenvalue weighted by Gasteiger charge is -2.19. The van der Waals surface area contributed by atoms with E-state index in [1.807, 2.05) is 0 Å². The van der Waals surface area contributed by atoms with Gasteiger partial charge in [0.05, 0.1) is 0 Å². The lowest BCUT2D eigenvalue weighted by Crippen LogP contribution is -2.17. The van der Waals surface area contributed by atoms with Crippen LogP contribution in [0.1, 0.15) is 5.56 Å².